The third kappa shape index (κ3) is 5.59. The van der Waals surface area contributed by atoms with Crippen molar-refractivity contribution in [1.82, 2.24) is 0 Å². The van der Waals surface area contributed by atoms with Crippen LogP contribution in [-0.4, -0.2) is 37.0 Å². The van der Waals surface area contributed by atoms with E-state index in [0.29, 0.717) is 6.42 Å². The van der Waals surface area contributed by atoms with Crippen LogP contribution >= 0.6 is 0 Å². The summed E-state index contributed by atoms with van der Waals surface area (Å²) in [5.41, 5.74) is 5.19. The molecule has 0 aliphatic heterocycles. The van der Waals surface area contributed by atoms with E-state index < -0.39 is 21.8 Å². The van der Waals surface area contributed by atoms with Gasteiger partial charge in [-0.2, -0.15) is 0 Å². The number of aliphatic carboxylic acids is 1. The van der Waals surface area contributed by atoms with E-state index in [1.165, 1.54) is 0 Å². The van der Waals surface area contributed by atoms with Crippen LogP contribution < -0.4 is 5.73 Å². The highest BCUT2D eigenvalue weighted by molar-refractivity contribution is 7.91. The van der Waals surface area contributed by atoms with Gasteiger partial charge in [-0.05, 0) is 12.8 Å². The molecule has 0 saturated carbocycles. The number of hydrogen-bond acceptors (Lipinski definition) is 4. The first kappa shape index (κ1) is 12.4. The van der Waals surface area contributed by atoms with Crippen molar-refractivity contribution < 1.29 is 18.3 Å². The molecule has 0 heterocycles. The minimum atomic E-state index is -2.99. The molecule has 0 bridgehead atoms. The summed E-state index contributed by atoms with van der Waals surface area (Å²) in [7, 11) is -2.99. The van der Waals surface area contributed by atoms with Crippen molar-refractivity contribution in [3.05, 3.63) is 0 Å². The maximum Gasteiger partial charge on any atom is 0.320 e. The number of nitrogens with two attached hydrogens (primary N) is 1. The first-order valence-electron chi connectivity index (χ1n) is 4.08. The largest absolute Gasteiger partial charge is 0.480 e. The predicted octanol–water partition coefficient (Wildman–Crippen LogP) is -0.387. The van der Waals surface area contributed by atoms with Gasteiger partial charge in [-0.15, -0.1) is 0 Å². The Kier molecular flexibility index (Phi) is 4.94. The van der Waals surface area contributed by atoms with Crippen molar-refractivity contribution >= 4 is 15.8 Å². The lowest BCUT2D eigenvalue weighted by molar-refractivity contribution is -0.138. The Labute approximate surface area is 77.8 Å². The minimum Gasteiger partial charge on any atom is -0.480 e. The molecule has 0 aromatic rings. The van der Waals surface area contributed by atoms with Crippen LogP contribution in [0.15, 0.2) is 0 Å². The molecular formula is C7H15NO4S. The maximum atomic E-state index is 11.0. The molecule has 5 nitrogen and oxygen atoms in total. The first-order valence-corrected chi connectivity index (χ1v) is 5.90. The monoisotopic (exact) mass is 209 g/mol. The van der Waals surface area contributed by atoms with E-state index in [4.69, 9.17) is 10.8 Å². The Balaban J connectivity index is 3.75. The molecule has 0 spiro atoms. The van der Waals surface area contributed by atoms with Gasteiger partial charge in [0.15, 0.2) is 0 Å². The summed E-state index contributed by atoms with van der Waals surface area (Å²) in [4.78, 5) is 10.2. The van der Waals surface area contributed by atoms with Crippen molar-refractivity contribution in [3.63, 3.8) is 0 Å². The van der Waals surface area contributed by atoms with Gasteiger partial charge in [-0.25, -0.2) is 8.42 Å². The van der Waals surface area contributed by atoms with E-state index in [2.05, 4.69) is 0 Å². The molecule has 3 N–H and O–H groups in total. The summed E-state index contributed by atoms with van der Waals surface area (Å²) in [6.45, 7) is 1.56. The molecule has 0 aromatic carbocycles. The van der Waals surface area contributed by atoms with Gasteiger partial charge < -0.3 is 10.8 Å². The summed E-state index contributed by atoms with van der Waals surface area (Å²) in [6.07, 6.45) is 0.512. The van der Waals surface area contributed by atoms with Gasteiger partial charge in [0.25, 0.3) is 0 Å². The highest BCUT2D eigenvalue weighted by atomic mass is 32.2. The number of rotatable bonds is 6. The third-order valence-corrected chi connectivity index (χ3v) is 3.52. The number of carboxylic acid groups (broad SMARTS) is 1. The highest BCUT2D eigenvalue weighted by Gasteiger charge is 2.13. The lowest BCUT2D eigenvalue weighted by atomic mass is 10.2. The summed E-state index contributed by atoms with van der Waals surface area (Å²) in [5, 5.41) is 8.39. The Morgan fingerprint density at radius 1 is 1.54 bits per heavy atom. The van der Waals surface area contributed by atoms with Crippen LogP contribution in [0.25, 0.3) is 0 Å². The van der Waals surface area contributed by atoms with Crippen LogP contribution in [0.5, 0.6) is 0 Å². The van der Waals surface area contributed by atoms with Crippen LogP contribution in [0.2, 0.25) is 0 Å². The molecule has 13 heavy (non-hydrogen) atoms. The third-order valence-electron chi connectivity index (χ3n) is 1.73. The van der Waals surface area contributed by atoms with Crippen LogP contribution in [0.4, 0.5) is 0 Å². The SMILES string of the molecule is CCS(=O)(=O)CCC[C@@H](N)C(=O)O. The van der Waals surface area contributed by atoms with Crippen LogP contribution in [0.1, 0.15) is 19.8 Å². The van der Waals surface area contributed by atoms with Gasteiger partial charge in [0.2, 0.25) is 0 Å². The second-order valence-electron chi connectivity index (χ2n) is 2.82. The van der Waals surface area contributed by atoms with Crippen molar-refractivity contribution in [1.29, 1.82) is 0 Å². The Morgan fingerprint density at radius 3 is 2.46 bits per heavy atom. The zero-order valence-electron chi connectivity index (χ0n) is 7.56. The predicted molar refractivity (Wildman–Crippen MR) is 49.2 cm³/mol. The number of carbonyl (C=O) groups is 1. The van der Waals surface area contributed by atoms with E-state index in [1.54, 1.807) is 6.92 Å². The summed E-state index contributed by atoms with van der Waals surface area (Å²) in [5.74, 6) is -0.978. The van der Waals surface area contributed by atoms with Gasteiger partial charge in [-0.3, -0.25) is 4.79 Å². The topological polar surface area (TPSA) is 97.5 Å². The van der Waals surface area contributed by atoms with E-state index >= 15 is 0 Å². The molecule has 0 radical (unpaired) electrons. The van der Waals surface area contributed by atoms with Gasteiger partial charge in [0, 0.05) is 5.75 Å². The summed E-state index contributed by atoms with van der Waals surface area (Å²) in [6, 6.07) is -0.952. The number of sulfone groups is 1. The molecule has 0 aromatic heterocycles. The average molecular weight is 209 g/mol. The zero-order valence-corrected chi connectivity index (χ0v) is 8.38. The second-order valence-corrected chi connectivity index (χ2v) is 5.30. The molecule has 0 aliphatic carbocycles. The molecule has 0 unspecified atom stereocenters. The normalized spacial score (nSPS) is 14.0. The fourth-order valence-electron chi connectivity index (χ4n) is 0.791. The molecule has 0 rings (SSSR count). The quantitative estimate of drug-likeness (QED) is 0.621. The molecule has 0 saturated heterocycles. The van der Waals surface area contributed by atoms with Crippen LogP contribution in [0.3, 0.4) is 0 Å². The molecule has 78 valence electrons. The van der Waals surface area contributed by atoms with E-state index in [1.807, 2.05) is 0 Å². The lowest BCUT2D eigenvalue weighted by Crippen LogP contribution is -2.30. The van der Waals surface area contributed by atoms with Crippen molar-refractivity contribution in [2.45, 2.75) is 25.8 Å². The molecule has 0 aliphatic rings. The summed E-state index contributed by atoms with van der Waals surface area (Å²) >= 11 is 0. The Morgan fingerprint density at radius 2 is 2.08 bits per heavy atom. The molecule has 0 fully saturated rings. The molecule has 0 amide bonds. The van der Waals surface area contributed by atoms with E-state index in [0.717, 1.165) is 0 Å². The van der Waals surface area contributed by atoms with Gasteiger partial charge >= 0.3 is 5.97 Å². The van der Waals surface area contributed by atoms with Crippen LogP contribution in [0, 0.1) is 0 Å². The van der Waals surface area contributed by atoms with Crippen LogP contribution in [-0.2, 0) is 14.6 Å². The van der Waals surface area contributed by atoms with Crippen molar-refractivity contribution in [2.75, 3.05) is 11.5 Å². The van der Waals surface area contributed by atoms with Crippen molar-refractivity contribution in [3.8, 4) is 0 Å². The Bertz CT molecular complexity index is 260. The fraction of sp³-hybridized carbons (Fsp3) is 0.857. The number of hydrogen-bond donors (Lipinski definition) is 2. The maximum absolute atomic E-state index is 11.0. The van der Waals surface area contributed by atoms with Crippen molar-refractivity contribution in [2.24, 2.45) is 5.73 Å². The first-order chi connectivity index (χ1) is 5.89. The van der Waals surface area contributed by atoms with Gasteiger partial charge in [0.1, 0.15) is 15.9 Å². The highest BCUT2D eigenvalue weighted by Crippen LogP contribution is 1.99. The van der Waals surface area contributed by atoms with E-state index in [-0.39, 0.29) is 17.9 Å². The van der Waals surface area contributed by atoms with Gasteiger partial charge in [0.05, 0.1) is 5.75 Å². The second kappa shape index (κ2) is 5.18. The smallest absolute Gasteiger partial charge is 0.320 e. The molecule has 1 atom stereocenters. The number of carboxylic acids is 1. The van der Waals surface area contributed by atoms with E-state index in [9.17, 15) is 13.2 Å². The standard InChI is InChI=1S/C7H15NO4S/c1-2-13(11,12)5-3-4-6(8)7(9)10/h6H,2-5,8H2,1H3,(H,9,10)/t6-/m1/s1. The molecular weight excluding hydrogens is 194 g/mol. The lowest BCUT2D eigenvalue weighted by Gasteiger charge is -2.05. The average Bonchev–Trinajstić information content (AvgIpc) is 2.04. The fourth-order valence-corrected chi connectivity index (χ4v) is 1.69. The Hall–Kier alpha value is -0.620. The zero-order chi connectivity index (χ0) is 10.5. The molecule has 6 heteroatoms. The van der Waals surface area contributed by atoms with Gasteiger partial charge in [-0.1, -0.05) is 6.92 Å². The summed E-state index contributed by atoms with van der Waals surface area (Å²) < 4.78 is 21.9. The minimum absolute atomic E-state index is 0.0183.